The summed E-state index contributed by atoms with van der Waals surface area (Å²) >= 11 is 5.29. The zero-order valence-corrected chi connectivity index (χ0v) is 18.1. The molecule has 0 spiro atoms. The van der Waals surface area contributed by atoms with Crippen molar-refractivity contribution in [1.82, 2.24) is 10.6 Å². The number of hydrogen-bond acceptors (Lipinski definition) is 2. The van der Waals surface area contributed by atoms with Gasteiger partial charge in [0, 0.05) is 29.5 Å². The third-order valence-electron chi connectivity index (χ3n) is 2.88. The third kappa shape index (κ3) is 11.4. The summed E-state index contributed by atoms with van der Waals surface area (Å²) in [6.07, 6.45) is -3.07. The maximum Gasteiger partial charge on any atom is 0.390 e. The molecule has 9 heteroatoms. The van der Waals surface area contributed by atoms with Crippen molar-refractivity contribution in [2.75, 3.05) is 25.9 Å². The molecule has 0 bridgehead atoms. The Morgan fingerprint density at radius 1 is 1.17 bits per heavy atom. The molecule has 1 aromatic rings. The molecule has 138 valence electrons. The van der Waals surface area contributed by atoms with Gasteiger partial charge in [-0.3, -0.25) is 4.99 Å². The summed E-state index contributed by atoms with van der Waals surface area (Å²) < 4.78 is 37.3. The largest absolute Gasteiger partial charge is 0.390 e. The number of hydrogen-bond donors (Lipinski definition) is 2. The van der Waals surface area contributed by atoms with Gasteiger partial charge in [0.2, 0.25) is 0 Å². The highest BCUT2D eigenvalue weighted by Gasteiger charge is 2.26. The van der Waals surface area contributed by atoms with E-state index in [0.717, 1.165) is 23.1 Å². The van der Waals surface area contributed by atoms with Gasteiger partial charge in [-0.25, -0.2) is 0 Å². The van der Waals surface area contributed by atoms with Crippen molar-refractivity contribution in [1.29, 1.82) is 0 Å². The monoisotopic (exact) mass is 539 g/mol. The average molecular weight is 540 g/mol. The molecule has 2 N–H and O–H groups in total. The van der Waals surface area contributed by atoms with Gasteiger partial charge in [0.1, 0.15) is 0 Å². The molecule has 0 fully saturated rings. The van der Waals surface area contributed by atoms with Crippen molar-refractivity contribution in [2.45, 2.75) is 30.3 Å². The summed E-state index contributed by atoms with van der Waals surface area (Å²) in [6, 6.07) is 8.07. The predicted molar refractivity (Wildman–Crippen MR) is 110 cm³/mol. The van der Waals surface area contributed by atoms with Crippen LogP contribution in [0.25, 0.3) is 0 Å². The lowest BCUT2D eigenvalue weighted by Crippen LogP contribution is -2.39. The van der Waals surface area contributed by atoms with E-state index in [9.17, 15) is 13.2 Å². The minimum absolute atomic E-state index is 0. The van der Waals surface area contributed by atoms with Gasteiger partial charge < -0.3 is 10.6 Å². The van der Waals surface area contributed by atoms with Crippen LogP contribution in [0.5, 0.6) is 0 Å². The second-order valence-electron chi connectivity index (χ2n) is 4.78. The maximum absolute atomic E-state index is 12.1. The topological polar surface area (TPSA) is 36.4 Å². The fourth-order valence-electron chi connectivity index (χ4n) is 1.72. The molecule has 1 rings (SSSR count). The number of unbranched alkanes of at least 4 members (excludes halogenated alkanes) is 1. The highest BCUT2D eigenvalue weighted by atomic mass is 127. The molecule has 0 unspecified atom stereocenters. The summed E-state index contributed by atoms with van der Waals surface area (Å²) in [5.74, 6) is 1.40. The van der Waals surface area contributed by atoms with Crippen LogP contribution in [-0.4, -0.2) is 38.0 Å². The molecular weight excluding hydrogens is 518 g/mol. The number of aliphatic imine (C=N–C) groups is 1. The Hall–Kier alpha value is -0.160. The standard InChI is InChI=1S/C15H21BrF3N3S.HI/c1-20-14(22-10-8-15(17,18)19)21-9-4-5-11-23-13-7-3-2-6-12(13)16;/h2-3,6-7H,4-5,8-11H2,1H3,(H2,20,21,22);1H. The SMILES string of the molecule is CN=C(NCCCCSc1ccccc1Br)NCCC(F)(F)F.I. The average Bonchev–Trinajstić information content (AvgIpc) is 2.49. The minimum atomic E-state index is -4.14. The maximum atomic E-state index is 12.1. The summed E-state index contributed by atoms with van der Waals surface area (Å²) in [5.41, 5.74) is 0. The zero-order valence-electron chi connectivity index (χ0n) is 13.3. The highest BCUT2D eigenvalue weighted by Crippen LogP contribution is 2.27. The Balaban J connectivity index is 0.00000529. The Morgan fingerprint density at radius 2 is 1.83 bits per heavy atom. The normalized spacial score (nSPS) is 11.8. The van der Waals surface area contributed by atoms with Crippen molar-refractivity contribution >= 4 is 57.6 Å². The first-order chi connectivity index (χ1) is 10.9. The van der Waals surface area contributed by atoms with Gasteiger partial charge in [0.25, 0.3) is 0 Å². The van der Waals surface area contributed by atoms with Crippen LogP contribution in [0, 0.1) is 0 Å². The van der Waals surface area contributed by atoms with Gasteiger partial charge in [-0.15, -0.1) is 35.7 Å². The molecule has 0 aromatic heterocycles. The number of nitrogens with zero attached hydrogens (tertiary/aromatic N) is 1. The molecule has 0 radical (unpaired) electrons. The van der Waals surface area contributed by atoms with Gasteiger partial charge in [-0.1, -0.05) is 12.1 Å². The third-order valence-corrected chi connectivity index (χ3v) is 5.00. The number of nitrogens with one attached hydrogen (secondary N) is 2. The van der Waals surface area contributed by atoms with Crippen LogP contribution in [0.15, 0.2) is 38.6 Å². The number of guanidine groups is 1. The quantitative estimate of drug-likeness (QED) is 0.159. The van der Waals surface area contributed by atoms with Gasteiger partial charge >= 0.3 is 6.18 Å². The molecule has 1 aromatic carbocycles. The van der Waals surface area contributed by atoms with Crippen molar-refractivity contribution in [2.24, 2.45) is 4.99 Å². The Labute approximate surface area is 170 Å². The second-order valence-corrected chi connectivity index (χ2v) is 6.77. The molecule has 0 amide bonds. The van der Waals surface area contributed by atoms with Gasteiger partial charge in [0.15, 0.2) is 5.96 Å². The number of alkyl halides is 3. The van der Waals surface area contributed by atoms with Crippen LogP contribution in [0.2, 0.25) is 0 Å². The Morgan fingerprint density at radius 3 is 2.46 bits per heavy atom. The first-order valence-corrected chi connectivity index (χ1v) is 9.09. The van der Waals surface area contributed by atoms with E-state index in [1.807, 2.05) is 18.2 Å². The number of thioether (sulfide) groups is 1. The summed E-state index contributed by atoms with van der Waals surface area (Å²) in [4.78, 5) is 5.11. The fourth-order valence-corrected chi connectivity index (χ4v) is 3.30. The lowest BCUT2D eigenvalue weighted by Gasteiger charge is -2.12. The molecule has 0 aliphatic rings. The van der Waals surface area contributed by atoms with Crippen molar-refractivity contribution in [3.63, 3.8) is 0 Å². The Kier molecular flexibility index (Phi) is 13.0. The van der Waals surface area contributed by atoms with Crippen LogP contribution in [0.1, 0.15) is 19.3 Å². The fraction of sp³-hybridized carbons (Fsp3) is 0.533. The van der Waals surface area contributed by atoms with Gasteiger partial charge in [0.05, 0.1) is 6.42 Å². The van der Waals surface area contributed by atoms with E-state index in [1.165, 1.54) is 4.90 Å². The molecule has 0 saturated carbocycles. The van der Waals surface area contributed by atoms with E-state index in [-0.39, 0.29) is 30.5 Å². The molecular formula is C15H22BrF3IN3S. The van der Waals surface area contributed by atoms with E-state index >= 15 is 0 Å². The molecule has 3 nitrogen and oxygen atoms in total. The van der Waals surface area contributed by atoms with E-state index in [0.29, 0.717) is 12.5 Å². The number of benzene rings is 1. The Bertz CT molecular complexity index is 501. The van der Waals surface area contributed by atoms with E-state index in [4.69, 9.17) is 0 Å². The number of rotatable bonds is 8. The van der Waals surface area contributed by atoms with E-state index in [1.54, 1.807) is 18.8 Å². The smallest absolute Gasteiger partial charge is 0.356 e. The summed E-state index contributed by atoms with van der Waals surface area (Å²) in [5, 5.41) is 5.68. The van der Waals surface area contributed by atoms with Gasteiger partial charge in [-0.2, -0.15) is 13.2 Å². The van der Waals surface area contributed by atoms with Crippen LogP contribution >= 0.6 is 51.7 Å². The second kappa shape index (κ2) is 13.1. The van der Waals surface area contributed by atoms with E-state index < -0.39 is 12.6 Å². The van der Waals surface area contributed by atoms with Gasteiger partial charge in [-0.05, 0) is 46.7 Å². The van der Waals surface area contributed by atoms with Crippen LogP contribution < -0.4 is 10.6 Å². The molecule has 0 aliphatic heterocycles. The zero-order chi connectivity index (χ0) is 17.1. The first-order valence-electron chi connectivity index (χ1n) is 7.31. The minimum Gasteiger partial charge on any atom is -0.356 e. The van der Waals surface area contributed by atoms with Crippen molar-refractivity contribution in [3.05, 3.63) is 28.7 Å². The molecule has 24 heavy (non-hydrogen) atoms. The van der Waals surface area contributed by atoms with Crippen molar-refractivity contribution < 1.29 is 13.2 Å². The summed E-state index contributed by atoms with van der Waals surface area (Å²) in [7, 11) is 1.55. The number of halogens is 5. The van der Waals surface area contributed by atoms with E-state index in [2.05, 4.69) is 37.6 Å². The predicted octanol–water partition coefficient (Wildman–Crippen LogP) is 5.06. The van der Waals surface area contributed by atoms with Crippen LogP contribution in [-0.2, 0) is 0 Å². The lowest BCUT2D eigenvalue weighted by atomic mass is 10.3. The molecule has 0 saturated heterocycles. The molecule has 0 aliphatic carbocycles. The summed E-state index contributed by atoms with van der Waals surface area (Å²) in [6.45, 7) is 0.517. The highest BCUT2D eigenvalue weighted by molar-refractivity contribution is 14.0. The van der Waals surface area contributed by atoms with Crippen LogP contribution in [0.3, 0.4) is 0 Å². The van der Waals surface area contributed by atoms with Crippen molar-refractivity contribution in [3.8, 4) is 0 Å². The van der Waals surface area contributed by atoms with Crippen LogP contribution in [0.4, 0.5) is 13.2 Å². The molecule has 0 heterocycles. The lowest BCUT2D eigenvalue weighted by molar-refractivity contribution is -0.132. The molecule has 0 atom stereocenters. The first kappa shape index (κ1) is 23.8.